The van der Waals surface area contributed by atoms with Crippen molar-refractivity contribution in [3.8, 4) is 11.4 Å². The average Bonchev–Trinajstić information content (AvgIpc) is 2.77. The second-order valence-corrected chi connectivity index (χ2v) is 6.49. The molecule has 0 amide bonds. The van der Waals surface area contributed by atoms with Gasteiger partial charge in [0.25, 0.3) is 5.56 Å². The van der Waals surface area contributed by atoms with Gasteiger partial charge in [-0.1, -0.05) is 26.0 Å². The molecule has 29 heavy (non-hydrogen) atoms. The van der Waals surface area contributed by atoms with Gasteiger partial charge in [0.05, 0.1) is 35.9 Å². The van der Waals surface area contributed by atoms with Crippen LogP contribution in [0.4, 0.5) is 0 Å². The lowest BCUT2D eigenvalue weighted by Crippen LogP contribution is -2.44. The SMILES string of the molecule is CC.CCOc1ccccc1-n1c(CN2CCNCC2)nc2cnccc2c1=O. The average molecular weight is 396 g/mol. The topological polar surface area (TPSA) is 72.3 Å². The van der Waals surface area contributed by atoms with Crippen molar-refractivity contribution in [1.29, 1.82) is 0 Å². The molecule has 0 saturated carbocycles. The highest BCUT2D eigenvalue weighted by molar-refractivity contribution is 5.76. The summed E-state index contributed by atoms with van der Waals surface area (Å²) in [6, 6.07) is 9.33. The normalized spacial score (nSPS) is 14.3. The van der Waals surface area contributed by atoms with Gasteiger partial charge in [0, 0.05) is 32.4 Å². The molecule has 1 aliphatic rings. The van der Waals surface area contributed by atoms with E-state index in [9.17, 15) is 4.79 Å². The Hall–Kier alpha value is -2.77. The van der Waals surface area contributed by atoms with Crippen molar-refractivity contribution in [2.45, 2.75) is 27.3 Å². The van der Waals surface area contributed by atoms with Crippen molar-refractivity contribution in [1.82, 2.24) is 24.8 Å². The first kappa shape index (κ1) is 21.0. The number of fused-ring (bicyclic) bond motifs is 1. The highest BCUT2D eigenvalue weighted by Gasteiger charge is 2.19. The molecule has 3 aromatic rings. The fraction of sp³-hybridized carbons (Fsp3) is 0.409. The first-order valence-electron chi connectivity index (χ1n) is 10.3. The number of aromatic nitrogens is 3. The standard InChI is InChI=1S/C20H23N5O2.C2H6/c1-2-27-18-6-4-3-5-17(18)25-19(14-24-11-9-21-10-12-24)23-16-13-22-8-7-15(16)20(25)26;1-2/h3-8,13,21H,2,9-12,14H2,1H3;1-2H3. The molecule has 154 valence electrons. The summed E-state index contributed by atoms with van der Waals surface area (Å²) in [6.45, 7) is 10.8. The number of hydrogen-bond acceptors (Lipinski definition) is 6. The fourth-order valence-electron chi connectivity index (χ4n) is 3.43. The van der Waals surface area contributed by atoms with Gasteiger partial charge in [0.15, 0.2) is 0 Å². The minimum absolute atomic E-state index is 0.0975. The maximum absolute atomic E-state index is 13.4. The minimum Gasteiger partial charge on any atom is -0.492 e. The van der Waals surface area contributed by atoms with Crippen LogP contribution in [-0.2, 0) is 6.54 Å². The molecule has 0 radical (unpaired) electrons. The molecule has 0 unspecified atom stereocenters. The van der Waals surface area contributed by atoms with Crippen LogP contribution in [0.1, 0.15) is 26.6 Å². The largest absolute Gasteiger partial charge is 0.492 e. The van der Waals surface area contributed by atoms with Crippen molar-refractivity contribution in [3.05, 3.63) is 58.9 Å². The summed E-state index contributed by atoms with van der Waals surface area (Å²) in [4.78, 5) is 24.6. The van der Waals surface area contributed by atoms with E-state index in [2.05, 4.69) is 15.2 Å². The Morgan fingerprint density at radius 1 is 1.14 bits per heavy atom. The number of para-hydroxylation sites is 2. The van der Waals surface area contributed by atoms with E-state index in [4.69, 9.17) is 9.72 Å². The first-order chi connectivity index (χ1) is 14.3. The third-order valence-corrected chi connectivity index (χ3v) is 4.72. The first-order valence-corrected chi connectivity index (χ1v) is 10.3. The number of hydrogen-bond donors (Lipinski definition) is 1. The van der Waals surface area contributed by atoms with Crippen LogP contribution in [-0.4, -0.2) is 52.2 Å². The van der Waals surface area contributed by atoms with Crippen LogP contribution < -0.4 is 15.6 Å². The molecule has 1 N–H and O–H groups in total. The molecule has 2 aromatic heterocycles. The molecule has 1 saturated heterocycles. The molecule has 1 fully saturated rings. The van der Waals surface area contributed by atoms with E-state index in [0.717, 1.165) is 31.9 Å². The molecule has 1 aromatic carbocycles. The summed E-state index contributed by atoms with van der Waals surface area (Å²) in [5.74, 6) is 1.38. The third-order valence-electron chi connectivity index (χ3n) is 4.72. The number of rotatable bonds is 5. The van der Waals surface area contributed by atoms with E-state index in [0.29, 0.717) is 35.6 Å². The van der Waals surface area contributed by atoms with Crippen LogP contribution in [0.15, 0.2) is 47.5 Å². The maximum atomic E-state index is 13.4. The predicted molar refractivity (Wildman–Crippen MR) is 116 cm³/mol. The summed E-state index contributed by atoms with van der Waals surface area (Å²) in [5, 5.41) is 3.91. The minimum atomic E-state index is -0.0975. The summed E-state index contributed by atoms with van der Waals surface area (Å²) in [5.41, 5.74) is 1.25. The summed E-state index contributed by atoms with van der Waals surface area (Å²) < 4.78 is 7.47. The van der Waals surface area contributed by atoms with Crippen LogP contribution >= 0.6 is 0 Å². The summed E-state index contributed by atoms with van der Waals surface area (Å²) >= 11 is 0. The third kappa shape index (κ3) is 4.63. The van der Waals surface area contributed by atoms with Crippen LogP contribution in [0.25, 0.3) is 16.6 Å². The molecule has 0 aliphatic carbocycles. The fourth-order valence-corrected chi connectivity index (χ4v) is 3.43. The Morgan fingerprint density at radius 2 is 1.90 bits per heavy atom. The van der Waals surface area contributed by atoms with Gasteiger partial charge in [-0.25, -0.2) is 4.98 Å². The molecule has 1 aliphatic heterocycles. The lowest BCUT2D eigenvalue weighted by molar-refractivity contribution is 0.226. The second-order valence-electron chi connectivity index (χ2n) is 6.49. The van der Waals surface area contributed by atoms with Gasteiger partial charge in [0.1, 0.15) is 11.6 Å². The summed E-state index contributed by atoms with van der Waals surface area (Å²) in [6.07, 6.45) is 3.27. The van der Waals surface area contributed by atoms with Crippen LogP contribution in [0.5, 0.6) is 5.75 Å². The number of nitrogens with one attached hydrogen (secondary N) is 1. The van der Waals surface area contributed by atoms with Gasteiger partial charge in [-0.05, 0) is 25.1 Å². The number of piperazine rings is 1. The smallest absolute Gasteiger partial charge is 0.266 e. The van der Waals surface area contributed by atoms with E-state index in [1.807, 2.05) is 45.0 Å². The van der Waals surface area contributed by atoms with E-state index < -0.39 is 0 Å². The Labute approximate surface area is 171 Å². The number of pyridine rings is 1. The van der Waals surface area contributed by atoms with E-state index >= 15 is 0 Å². The van der Waals surface area contributed by atoms with Crippen molar-refractivity contribution >= 4 is 10.9 Å². The van der Waals surface area contributed by atoms with Crippen LogP contribution in [0, 0.1) is 0 Å². The number of nitrogens with zero attached hydrogens (tertiary/aromatic N) is 4. The van der Waals surface area contributed by atoms with Crippen molar-refractivity contribution in [2.75, 3.05) is 32.8 Å². The van der Waals surface area contributed by atoms with Crippen LogP contribution in [0.3, 0.4) is 0 Å². The van der Waals surface area contributed by atoms with Gasteiger partial charge < -0.3 is 10.1 Å². The maximum Gasteiger partial charge on any atom is 0.266 e. The lowest BCUT2D eigenvalue weighted by atomic mass is 10.2. The van der Waals surface area contributed by atoms with Gasteiger partial charge in [-0.2, -0.15) is 0 Å². The number of ether oxygens (including phenoxy) is 1. The van der Waals surface area contributed by atoms with Crippen molar-refractivity contribution in [3.63, 3.8) is 0 Å². The molecule has 0 bridgehead atoms. The Bertz CT molecular complexity index is 996. The van der Waals surface area contributed by atoms with E-state index in [1.54, 1.807) is 23.0 Å². The van der Waals surface area contributed by atoms with Crippen LogP contribution in [0.2, 0.25) is 0 Å². The lowest BCUT2D eigenvalue weighted by Gasteiger charge is -2.28. The molecule has 7 nitrogen and oxygen atoms in total. The highest BCUT2D eigenvalue weighted by Crippen LogP contribution is 2.23. The Kier molecular flexibility index (Phi) is 7.32. The molecule has 4 rings (SSSR count). The Balaban J connectivity index is 0.00000117. The Morgan fingerprint density at radius 3 is 2.66 bits per heavy atom. The second kappa shape index (κ2) is 10.1. The predicted octanol–water partition coefficient (Wildman–Crippen LogP) is 2.61. The quantitative estimate of drug-likeness (QED) is 0.716. The highest BCUT2D eigenvalue weighted by atomic mass is 16.5. The van der Waals surface area contributed by atoms with Crippen molar-refractivity contribution < 1.29 is 4.74 Å². The number of benzene rings is 1. The molecule has 7 heteroatoms. The van der Waals surface area contributed by atoms with Gasteiger partial charge in [-0.15, -0.1) is 0 Å². The monoisotopic (exact) mass is 395 g/mol. The molecular weight excluding hydrogens is 366 g/mol. The van der Waals surface area contributed by atoms with Gasteiger partial charge in [0.2, 0.25) is 0 Å². The van der Waals surface area contributed by atoms with E-state index in [1.165, 1.54) is 0 Å². The van der Waals surface area contributed by atoms with Gasteiger partial charge >= 0.3 is 0 Å². The molecule has 0 spiro atoms. The molecule has 3 heterocycles. The summed E-state index contributed by atoms with van der Waals surface area (Å²) in [7, 11) is 0. The zero-order chi connectivity index (χ0) is 20.6. The van der Waals surface area contributed by atoms with Crippen molar-refractivity contribution in [2.24, 2.45) is 0 Å². The molecule has 0 atom stereocenters. The van der Waals surface area contributed by atoms with E-state index in [-0.39, 0.29) is 5.56 Å². The zero-order valence-corrected chi connectivity index (χ0v) is 17.4. The zero-order valence-electron chi connectivity index (χ0n) is 17.4. The molecular formula is C22H29N5O2. The van der Waals surface area contributed by atoms with Gasteiger partial charge in [-0.3, -0.25) is 19.2 Å².